The Labute approximate surface area is 257 Å². The van der Waals surface area contributed by atoms with Crippen LogP contribution in [0.25, 0.3) is 16.8 Å². The molecule has 0 saturated carbocycles. The largest absolute Gasteiger partial charge is 0.457 e. The molecule has 6 aromatic carbocycles. The maximum absolute atomic E-state index is 6.90. The second-order valence-corrected chi connectivity index (χ2v) is 11.3. The number of fused-ring (bicyclic) bond motifs is 9. The third-order valence-electron chi connectivity index (χ3n) is 8.82. The molecule has 2 aliphatic rings. The van der Waals surface area contributed by atoms with Crippen LogP contribution < -0.4 is 10.5 Å². The van der Waals surface area contributed by atoms with Crippen molar-refractivity contribution in [3.8, 4) is 22.6 Å². The number of nitrogens with zero attached hydrogens (tertiary/aromatic N) is 1. The monoisotopic (exact) mass is 566 g/mol. The zero-order valence-electron chi connectivity index (χ0n) is 24.2. The topological polar surface area (TPSA) is 47.6 Å². The number of ether oxygens (including phenoxy) is 1. The lowest BCUT2D eigenvalue weighted by Crippen LogP contribution is -2.32. The van der Waals surface area contributed by atoms with Crippen LogP contribution in [0.4, 0.5) is 0 Å². The molecule has 0 amide bonds. The fourth-order valence-corrected chi connectivity index (χ4v) is 6.86. The second-order valence-electron chi connectivity index (χ2n) is 11.3. The Bertz CT molecular complexity index is 2030. The maximum Gasteiger partial charge on any atom is 0.132 e. The molecule has 0 unspecified atom stereocenters. The van der Waals surface area contributed by atoms with Crippen LogP contribution in [0.5, 0.6) is 11.5 Å². The molecule has 0 radical (unpaired) electrons. The van der Waals surface area contributed by atoms with Crippen molar-refractivity contribution in [2.45, 2.75) is 12.0 Å². The molecule has 2 N–H and O–H groups in total. The first kappa shape index (κ1) is 26.0. The Hall–Kier alpha value is -5.67. The lowest BCUT2D eigenvalue weighted by atomic mass is 9.66. The molecule has 0 saturated heterocycles. The number of hydrogen-bond acceptors (Lipinski definition) is 3. The predicted octanol–water partition coefficient (Wildman–Crippen LogP) is 9.14. The molecule has 0 aromatic heterocycles. The Morgan fingerprint density at radius 2 is 1.14 bits per heavy atom. The van der Waals surface area contributed by atoms with E-state index in [9.17, 15) is 0 Å². The van der Waals surface area contributed by atoms with Crippen LogP contribution in [0.2, 0.25) is 0 Å². The molecule has 6 aromatic rings. The zero-order valence-corrected chi connectivity index (χ0v) is 24.2. The van der Waals surface area contributed by atoms with Crippen molar-refractivity contribution in [1.29, 1.82) is 0 Å². The molecule has 44 heavy (non-hydrogen) atoms. The van der Waals surface area contributed by atoms with Gasteiger partial charge in [0.05, 0.1) is 17.7 Å². The minimum Gasteiger partial charge on any atom is -0.457 e. The average Bonchev–Trinajstić information content (AvgIpc) is 3.38. The molecule has 8 rings (SSSR count). The highest BCUT2D eigenvalue weighted by molar-refractivity contribution is 6.12. The van der Waals surface area contributed by atoms with E-state index in [1.54, 1.807) is 0 Å². The second kappa shape index (κ2) is 10.6. The summed E-state index contributed by atoms with van der Waals surface area (Å²) >= 11 is 0. The van der Waals surface area contributed by atoms with Crippen molar-refractivity contribution >= 4 is 11.4 Å². The van der Waals surface area contributed by atoms with E-state index >= 15 is 0 Å². The lowest BCUT2D eigenvalue weighted by Gasteiger charge is -2.39. The van der Waals surface area contributed by atoms with Gasteiger partial charge in [0.15, 0.2) is 0 Å². The van der Waals surface area contributed by atoms with E-state index in [4.69, 9.17) is 15.5 Å². The summed E-state index contributed by atoms with van der Waals surface area (Å²) in [4.78, 5) is 5.00. The van der Waals surface area contributed by atoms with Gasteiger partial charge in [0, 0.05) is 16.8 Å². The summed E-state index contributed by atoms with van der Waals surface area (Å²) in [5.74, 6) is 1.78. The highest BCUT2D eigenvalue weighted by atomic mass is 16.5. The number of benzene rings is 6. The SMILES string of the molecule is NC(=CC(=NCc1ccccc1)c1ccccc1)c1ccc2c(c1)-c1ccccc1C21c2ccccc2Oc2ccccc21. The fourth-order valence-electron chi connectivity index (χ4n) is 6.86. The van der Waals surface area contributed by atoms with Crippen LogP contribution in [0.3, 0.4) is 0 Å². The molecule has 1 spiro atoms. The van der Waals surface area contributed by atoms with E-state index in [1.807, 2.05) is 54.6 Å². The highest BCUT2D eigenvalue weighted by Gasteiger charge is 2.50. The first-order valence-electron chi connectivity index (χ1n) is 15.0. The molecule has 210 valence electrons. The number of para-hydroxylation sites is 2. The number of rotatable bonds is 5. The van der Waals surface area contributed by atoms with Crippen LogP contribution >= 0.6 is 0 Å². The summed E-state index contributed by atoms with van der Waals surface area (Å²) in [6.45, 7) is 0.579. The van der Waals surface area contributed by atoms with Gasteiger partial charge in [-0.2, -0.15) is 0 Å². The van der Waals surface area contributed by atoms with E-state index in [2.05, 4.69) is 103 Å². The van der Waals surface area contributed by atoms with Gasteiger partial charge >= 0.3 is 0 Å². The first-order valence-corrected chi connectivity index (χ1v) is 15.0. The Kier molecular flexibility index (Phi) is 6.23. The number of nitrogens with two attached hydrogens (primary N) is 1. The molecular weight excluding hydrogens is 536 g/mol. The molecule has 0 fully saturated rings. The van der Waals surface area contributed by atoms with E-state index in [1.165, 1.54) is 22.3 Å². The molecular formula is C41H30N2O. The predicted molar refractivity (Wildman–Crippen MR) is 179 cm³/mol. The Balaban J connectivity index is 1.29. The van der Waals surface area contributed by atoms with Gasteiger partial charge in [-0.3, -0.25) is 4.99 Å². The zero-order chi connectivity index (χ0) is 29.5. The fraction of sp³-hybridized carbons (Fsp3) is 0.0488. The van der Waals surface area contributed by atoms with Crippen LogP contribution in [0, 0.1) is 0 Å². The van der Waals surface area contributed by atoms with Crippen molar-refractivity contribution in [1.82, 2.24) is 0 Å². The van der Waals surface area contributed by atoms with E-state index in [-0.39, 0.29) is 0 Å². The smallest absolute Gasteiger partial charge is 0.132 e. The summed E-state index contributed by atoms with van der Waals surface area (Å²) in [6.07, 6.45) is 2.01. The van der Waals surface area contributed by atoms with Gasteiger partial charge in [-0.05, 0) is 63.2 Å². The highest BCUT2D eigenvalue weighted by Crippen LogP contribution is 2.62. The van der Waals surface area contributed by atoms with Gasteiger partial charge in [-0.25, -0.2) is 0 Å². The third kappa shape index (κ3) is 4.09. The summed E-state index contributed by atoms with van der Waals surface area (Å²) in [5, 5.41) is 0. The third-order valence-corrected chi connectivity index (χ3v) is 8.82. The molecule has 1 heterocycles. The summed E-state index contributed by atoms with van der Waals surface area (Å²) in [5.41, 5.74) is 18.3. The van der Waals surface area contributed by atoms with Crippen LogP contribution in [0.1, 0.15) is 38.9 Å². The van der Waals surface area contributed by atoms with Crippen LogP contribution in [-0.2, 0) is 12.0 Å². The van der Waals surface area contributed by atoms with Crippen molar-refractivity contribution in [3.63, 3.8) is 0 Å². The van der Waals surface area contributed by atoms with Gasteiger partial charge in [-0.1, -0.05) is 133 Å². The number of hydrogen-bond donors (Lipinski definition) is 1. The quantitative estimate of drug-likeness (QED) is 0.211. The van der Waals surface area contributed by atoms with Gasteiger partial charge in [0.1, 0.15) is 11.5 Å². The molecule has 1 aliphatic carbocycles. The Morgan fingerprint density at radius 1 is 0.568 bits per heavy atom. The van der Waals surface area contributed by atoms with E-state index < -0.39 is 5.41 Å². The molecule has 1 aliphatic heterocycles. The summed E-state index contributed by atoms with van der Waals surface area (Å²) < 4.78 is 6.45. The maximum atomic E-state index is 6.90. The van der Waals surface area contributed by atoms with Crippen molar-refractivity contribution in [3.05, 3.63) is 197 Å². The van der Waals surface area contributed by atoms with Gasteiger partial charge in [0.25, 0.3) is 0 Å². The molecule has 0 atom stereocenters. The number of aliphatic imine (C=N–C) groups is 1. The minimum absolute atomic E-state index is 0.485. The minimum atomic E-state index is -0.485. The number of allylic oxidation sites excluding steroid dienone is 1. The van der Waals surface area contributed by atoms with Crippen molar-refractivity contribution in [2.24, 2.45) is 10.7 Å². The van der Waals surface area contributed by atoms with Gasteiger partial charge in [-0.15, -0.1) is 0 Å². The molecule has 3 nitrogen and oxygen atoms in total. The molecule has 0 bridgehead atoms. The van der Waals surface area contributed by atoms with Gasteiger partial charge < -0.3 is 10.5 Å². The summed E-state index contributed by atoms with van der Waals surface area (Å²) in [6, 6.07) is 52.8. The van der Waals surface area contributed by atoms with E-state index in [0.29, 0.717) is 12.2 Å². The van der Waals surface area contributed by atoms with Crippen molar-refractivity contribution < 1.29 is 4.74 Å². The van der Waals surface area contributed by atoms with E-state index in [0.717, 1.165) is 45.0 Å². The standard InChI is InChI=1S/C41H30N2O/c42-37(26-38(29-15-5-2-6-16-29)43-27-28-13-3-1-4-14-28)30-23-24-34-32(25-30)31-17-7-8-18-33(31)41(34)35-19-9-11-21-39(35)44-40-22-12-10-20-36(40)41/h1-26H,27,42H2. The van der Waals surface area contributed by atoms with Crippen LogP contribution in [-0.4, -0.2) is 5.71 Å². The average molecular weight is 567 g/mol. The first-order chi connectivity index (χ1) is 21.7. The summed E-state index contributed by atoms with van der Waals surface area (Å²) in [7, 11) is 0. The lowest BCUT2D eigenvalue weighted by molar-refractivity contribution is 0.436. The Morgan fingerprint density at radius 3 is 1.84 bits per heavy atom. The van der Waals surface area contributed by atoms with Crippen molar-refractivity contribution in [2.75, 3.05) is 0 Å². The normalized spacial score (nSPS) is 14.3. The van der Waals surface area contributed by atoms with Crippen LogP contribution in [0.15, 0.2) is 163 Å². The molecule has 3 heteroatoms. The van der Waals surface area contributed by atoms with Gasteiger partial charge in [0.2, 0.25) is 0 Å².